The van der Waals surface area contributed by atoms with Gasteiger partial charge in [-0.2, -0.15) is 0 Å². The van der Waals surface area contributed by atoms with Gasteiger partial charge in [-0.15, -0.1) is 0 Å². The highest BCUT2D eigenvalue weighted by atomic mass is 32.2. The number of nitrogens with zero attached hydrogens (tertiary/aromatic N) is 1. The minimum absolute atomic E-state index is 0.281. The predicted octanol–water partition coefficient (Wildman–Crippen LogP) is 2.45. The fraction of sp³-hybridized carbons (Fsp3) is 0.316. The largest absolute Gasteiger partial charge is 0.493 e. The summed E-state index contributed by atoms with van der Waals surface area (Å²) in [5.74, 6) is 0.291. The lowest BCUT2D eigenvalue weighted by Crippen LogP contribution is -2.46. The van der Waals surface area contributed by atoms with Crippen molar-refractivity contribution in [3.8, 4) is 5.75 Å². The Bertz CT molecular complexity index is 793. The Morgan fingerprint density at radius 2 is 1.88 bits per heavy atom. The summed E-state index contributed by atoms with van der Waals surface area (Å²) in [6, 6.07) is 11.5. The van der Waals surface area contributed by atoms with E-state index in [9.17, 15) is 9.59 Å². The smallest absolute Gasteiger partial charge is 0.288 e. The van der Waals surface area contributed by atoms with Gasteiger partial charge in [-0.3, -0.25) is 19.9 Å². The van der Waals surface area contributed by atoms with Crippen molar-refractivity contribution in [3.63, 3.8) is 0 Å². The molecule has 0 saturated carbocycles. The third-order valence-electron chi connectivity index (χ3n) is 4.19. The van der Waals surface area contributed by atoms with E-state index in [1.807, 2.05) is 36.5 Å². The maximum atomic E-state index is 11.8. The van der Waals surface area contributed by atoms with E-state index in [1.165, 1.54) is 5.56 Å². The number of aryl methyl sites for hydroxylation is 1. The molecule has 6 nitrogen and oxygen atoms in total. The van der Waals surface area contributed by atoms with Gasteiger partial charge in [0, 0.05) is 24.7 Å². The number of imide groups is 1. The quantitative estimate of drug-likeness (QED) is 0.776. The second kappa shape index (κ2) is 7.88. The van der Waals surface area contributed by atoms with E-state index in [0.717, 1.165) is 41.6 Å². The number of thioether (sulfide) groups is 1. The average molecular weight is 371 g/mol. The number of nitrogens with one attached hydrogen (secondary N) is 1. The van der Waals surface area contributed by atoms with Gasteiger partial charge in [0.15, 0.2) is 4.87 Å². The van der Waals surface area contributed by atoms with Crippen LogP contribution in [0.2, 0.25) is 0 Å². The lowest BCUT2D eigenvalue weighted by molar-refractivity contribution is -0.121. The number of amides is 2. The molecule has 0 bridgehead atoms. The molecule has 3 rings (SSSR count). The molecule has 3 N–H and O–H groups in total. The molecule has 2 heterocycles. The summed E-state index contributed by atoms with van der Waals surface area (Å²) in [4.78, 5) is 26.3. The molecule has 2 aromatic rings. The first-order chi connectivity index (χ1) is 12.5. The Kier molecular flexibility index (Phi) is 5.58. The van der Waals surface area contributed by atoms with Crippen LogP contribution in [0.5, 0.6) is 5.75 Å². The summed E-state index contributed by atoms with van der Waals surface area (Å²) >= 11 is 0.829. The van der Waals surface area contributed by atoms with E-state index in [0.29, 0.717) is 6.61 Å². The normalized spacial score (nSPS) is 19.5. The van der Waals surface area contributed by atoms with E-state index in [-0.39, 0.29) is 6.42 Å². The molecule has 1 aliphatic heterocycles. The predicted molar refractivity (Wildman–Crippen MR) is 101 cm³/mol. The highest BCUT2D eigenvalue weighted by molar-refractivity contribution is 8.16. The Hall–Kier alpha value is -2.38. The number of aromatic nitrogens is 1. The van der Waals surface area contributed by atoms with Crippen LogP contribution in [0.15, 0.2) is 42.6 Å². The first-order valence-electron chi connectivity index (χ1n) is 8.47. The van der Waals surface area contributed by atoms with Crippen LogP contribution < -0.4 is 15.8 Å². The molecule has 1 unspecified atom stereocenters. The Balaban J connectivity index is 1.51. The second-order valence-corrected chi connectivity index (χ2v) is 7.47. The first kappa shape index (κ1) is 18.4. The summed E-state index contributed by atoms with van der Waals surface area (Å²) in [6.45, 7) is 2.64. The molecule has 0 radical (unpaired) electrons. The van der Waals surface area contributed by atoms with Crippen LogP contribution in [0.1, 0.15) is 23.7 Å². The number of benzene rings is 1. The van der Waals surface area contributed by atoms with Crippen LogP contribution in [0.25, 0.3) is 0 Å². The van der Waals surface area contributed by atoms with Crippen LogP contribution in [0.3, 0.4) is 0 Å². The molecule has 2 amide bonds. The maximum Gasteiger partial charge on any atom is 0.288 e. The van der Waals surface area contributed by atoms with Gasteiger partial charge >= 0.3 is 0 Å². The highest BCUT2D eigenvalue weighted by Crippen LogP contribution is 2.30. The van der Waals surface area contributed by atoms with Gasteiger partial charge in [0.25, 0.3) is 11.1 Å². The fourth-order valence-electron chi connectivity index (χ4n) is 2.64. The molecule has 1 saturated heterocycles. The van der Waals surface area contributed by atoms with Crippen molar-refractivity contribution < 1.29 is 14.3 Å². The highest BCUT2D eigenvalue weighted by Gasteiger charge is 2.44. The van der Waals surface area contributed by atoms with Gasteiger partial charge in [-0.1, -0.05) is 25.1 Å². The van der Waals surface area contributed by atoms with E-state index in [2.05, 4.69) is 23.3 Å². The first-order valence-corrected chi connectivity index (χ1v) is 9.29. The van der Waals surface area contributed by atoms with Crippen LogP contribution in [-0.2, 0) is 24.1 Å². The minimum atomic E-state index is -1.24. The SMILES string of the molecule is CCc1ccc(CCOc2ccc(CC3(N)SC(=O)NC3=O)cc2)nc1. The van der Waals surface area contributed by atoms with Crippen LogP contribution in [0, 0.1) is 0 Å². The number of carbonyl (C=O) groups is 2. The standard InChI is InChI=1S/C19H21N3O3S/c1-2-13-3-6-15(21-12-13)9-10-25-16-7-4-14(5-8-16)11-19(20)17(23)22-18(24)26-19/h3-8,12H,2,9-11,20H2,1H3,(H,22,23,24). The molecule has 7 heteroatoms. The zero-order valence-electron chi connectivity index (χ0n) is 14.5. The molecule has 26 heavy (non-hydrogen) atoms. The van der Waals surface area contributed by atoms with Crippen LogP contribution in [-0.4, -0.2) is 27.6 Å². The molecule has 1 fully saturated rings. The van der Waals surface area contributed by atoms with Crippen molar-refractivity contribution in [2.75, 3.05) is 6.61 Å². The van der Waals surface area contributed by atoms with Crippen molar-refractivity contribution in [3.05, 3.63) is 59.4 Å². The number of carbonyl (C=O) groups excluding carboxylic acids is 2. The number of hydrogen-bond donors (Lipinski definition) is 2. The number of rotatable bonds is 7. The molecular weight excluding hydrogens is 350 g/mol. The molecule has 0 spiro atoms. The van der Waals surface area contributed by atoms with Crippen molar-refractivity contribution in [1.82, 2.24) is 10.3 Å². The molecule has 1 atom stereocenters. The van der Waals surface area contributed by atoms with Crippen LogP contribution in [0.4, 0.5) is 4.79 Å². The topological polar surface area (TPSA) is 94.3 Å². The average Bonchev–Trinajstić information content (AvgIpc) is 2.88. The van der Waals surface area contributed by atoms with E-state index in [1.54, 1.807) is 0 Å². The molecular formula is C19H21N3O3S. The number of nitrogens with two attached hydrogens (primary N) is 1. The molecule has 0 aliphatic carbocycles. The van der Waals surface area contributed by atoms with E-state index >= 15 is 0 Å². The summed E-state index contributed by atoms with van der Waals surface area (Å²) < 4.78 is 5.74. The number of ether oxygens (including phenoxy) is 1. The van der Waals surface area contributed by atoms with Crippen molar-refractivity contribution in [2.45, 2.75) is 31.1 Å². The van der Waals surface area contributed by atoms with Crippen molar-refractivity contribution >= 4 is 22.9 Å². The zero-order valence-corrected chi connectivity index (χ0v) is 15.3. The molecule has 1 aliphatic rings. The summed E-state index contributed by atoms with van der Waals surface area (Å²) in [7, 11) is 0. The Labute approximate surface area is 156 Å². The van der Waals surface area contributed by atoms with Gasteiger partial charge in [0.2, 0.25) is 0 Å². The number of hydrogen-bond acceptors (Lipinski definition) is 6. The van der Waals surface area contributed by atoms with Gasteiger partial charge in [-0.25, -0.2) is 0 Å². The fourth-order valence-corrected chi connectivity index (χ4v) is 3.50. The summed E-state index contributed by atoms with van der Waals surface area (Å²) in [5, 5.41) is 1.81. The van der Waals surface area contributed by atoms with Gasteiger partial charge in [0.05, 0.1) is 6.61 Å². The zero-order chi connectivity index (χ0) is 18.6. The summed E-state index contributed by atoms with van der Waals surface area (Å²) in [6.07, 6.45) is 3.89. The maximum absolute atomic E-state index is 11.8. The lowest BCUT2D eigenvalue weighted by Gasteiger charge is -2.18. The summed E-state index contributed by atoms with van der Waals surface area (Å²) in [5.41, 5.74) is 9.11. The van der Waals surface area contributed by atoms with Crippen molar-refractivity contribution in [1.29, 1.82) is 0 Å². The van der Waals surface area contributed by atoms with Gasteiger partial charge < -0.3 is 10.5 Å². The Morgan fingerprint density at radius 1 is 1.15 bits per heavy atom. The lowest BCUT2D eigenvalue weighted by atomic mass is 10.1. The van der Waals surface area contributed by atoms with Gasteiger partial charge in [-0.05, 0) is 47.5 Å². The third-order valence-corrected chi connectivity index (χ3v) is 5.17. The second-order valence-electron chi connectivity index (χ2n) is 6.16. The van der Waals surface area contributed by atoms with E-state index < -0.39 is 16.0 Å². The minimum Gasteiger partial charge on any atom is -0.493 e. The Morgan fingerprint density at radius 3 is 2.46 bits per heavy atom. The van der Waals surface area contributed by atoms with Crippen molar-refractivity contribution in [2.24, 2.45) is 5.73 Å². The van der Waals surface area contributed by atoms with E-state index in [4.69, 9.17) is 10.5 Å². The third kappa shape index (κ3) is 4.42. The van der Waals surface area contributed by atoms with Crippen LogP contribution >= 0.6 is 11.8 Å². The molecule has 1 aromatic carbocycles. The molecule has 136 valence electrons. The monoisotopic (exact) mass is 371 g/mol. The molecule has 1 aromatic heterocycles. The van der Waals surface area contributed by atoms with Gasteiger partial charge in [0.1, 0.15) is 5.75 Å². The number of pyridine rings is 1.